The van der Waals surface area contributed by atoms with Crippen molar-refractivity contribution in [2.75, 3.05) is 11.4 Å². The first-order chi connectivity index (χ1) is 14.0. The van der Waals surface area contributed by atoms with Crippen molar-refractivity contribution in [1.29, 1.82) is 0 Å². The van der Waals surface area contributed by atoms with Crippen molar-refractivity contribution in [3.05, 3.63) is 64.6 Å². The van der Waals surface area contributed by atoms with Crippen LogP contribution in [0.5, 0.6) is 0 Å². The van der Waals surface area contributed by atoms with E-state index in [-0.39, 0.29) is 10.5 Å². The number of aryl methyl sites for hydroxylation is 1. The van der Waals surface area contributed by atoms with Gasteiger partial charge >= 0.3 is 0 Å². The summed E-state index contributed by atoms with van der Waals surface area (Å²) in [6.07, 6.45) is 0.795. The van der Waals surface area contributed by atoms with Gasteiger partial charge in [-0.25, -0.2) is 4.99 Å². The van der Waals surface area contributed by atoms with E-state index < -0.39 is 24.3 Å². The number of benzene rings is 2. The second-order valence-corrected chi connectivity index (χ2v) is 7.44. The van der Waals surface area contributed by atoms with Crippen molar-refractivity contribution >= 4 is 51.7 Å². The predicted molar refractivity (Wildman–Crippen MR) is 109 cm³/mol. The third-order valence-electron chi connectivity index (χ3n) is 4.66. The minimum Gasteiger partial charge on any atom is -0.548 e. The Balaban J connectivity index is 1.76. The molecule has 29 heavy (non-hydrogen) atoms. The average Bonchev–Trinajstić information content (AvgIpc) is 3.19. The van der Waals surface area contributed by atoms with Crippen LogP contribution in [0, 0.1) is 0 Å². The molecule has 146 valence electrons. The molecule has 8 heteroatoms. The van der Waals surface area contributed by atoms with E-state index in [0.29, 0.717) is 16.4 Å². The summed E-state index contributed by atoms with van der Waals surface area (Å²) in [5, 5.41) is 14.2. The van der Waals surface area contributed by atoms with Gasteiger partial charge in [0.05, 0.1) is 34.4 Å². The van der Waals surface area contributed by atoms with Crippen molar-refractivity contribution in [2.45, 2.75) is 13.3 Å². The Labute approximate surface area is 171 Å². The fourth-order valence-corrected chi connectivity index (χ4v) is 4.28. The molecule has 1 N–H and O–H groups in total. The zero-order valence-electron chi connectivity index (χ0n) is 15.5. The smallest absolute Gasteiger partial charge is 0.264 e. The number of aliphatic carboxylic acids is 1. The number of carbonyl (C=O) groups is 3. The molecule has 0 unspecified atom stereocenters. The van der Waals surface area contributed by atoms with Crippen molar-refractivity contribution in [3.63, 3.8) is 0 Å². The number of amidine groups is 1. The van der Waals surface area contributed by atoms with Gasteiger partial charge in [0, 0.05) is 5.56 Å². The topological polar surface area (TPSA) is 102 Å². The van der Waals surface area contributed by atoms with Gasteiger partial charge in [-0.15, -0.1) is 0 Å². The maximum atomic E-state index is 12.9. The SMILES string of the molecule is CCc1ccccc1N=C1NC(=O)/C(=C2/C(=O)N(CC(=O)[O-])c3ccccc32)S1. The molecule has 0 aromatic heterocycles. The third-order valence-corrected chi connectivity index (χ3v) is 5.64. The zero-order chi connectivity index (χ0) is 20.5. The van der Waals surface area contributed by atoms with E-state index in [2.05, 4.69) is 10.3 Å². The van der Waals surface area contributed by atoms with Gasteiger partial charge in [-0.3, -0.25) is 9.59 Å². The molecular weight excluding hydrogens is 390 g/mol. The molecular formula is C21H16N3O4S-. The molecule has 4 rings (SSSR count). The highest BCUT2D eigenvalue weighted by atomic mass is 32.2. The number of fused-ring (bicyclic) bond motifs is 1. The van der Waals surface area contributed by atoms with Gasteiger partial charge < -0.3 is 20.1 Å². The number of amides is 2. The number of hydrogen-bond donors (Lipinski definition) is 1. The number of aliphatic imine (C=N–C) groups is 1. The van der Waals surface area contributed by atoms with Crippen LogP contribution in [0.1, 0.15) is 18.1 Å². The molecule has 0 saturated carbocycles. The van der Waals surface area contributed by atoms with Gasteiger partial charge in [0.1, 0.15) is 0 Å². The molecule has 0 bridgehead atoms. The van der Waals surface area contributed by atoms with Gasteiger partial charge in [0.15, 0.2) is 5.17 Å². The summed E-state index contributed by atoms with van der Waals surface area (Å²) in [5.41, 5.74) is 2.93. The number of nitrogens with zero attached hydrogens (tertiary/aromatic N) is 2. The van der Waals surface area contributed by atoms with Crippen LogP contribution in [0.25, 0.3) is 5.57 Å². The van der Waals surface area contributed by atoms with E-state index >= 15 is 0 Å². The molecule has 0 aliphatic carbocycles. The van der Waals surface area contributed by atoms with Crippen LogP contribution >= 0.6 is 11.8 Å². The van der Waals surface area contributed by atoms with Crippen molar-refractivity contribution in [3.8, 4) is 0 Å². The lowest BCUT2D eigenvalue weighted by molar-refractivity contribution is -0.303. The number of carbonyl (C=O) groups excluding carboxylic acids is 3. The maximum absolute atomic E-state index is 12.9. The zero-order valence-corrected chi connectivity index (χ0v) is 16.3. The van der Waals surface area contributed by atoms with Crippen LogP contribution in [-0.2, 0) is 20.8 Å². The quantitative estimate of drug-likeness (QED) is 0.778. The van der Waals surface area contributed by atoms with Crippen LogP contribution in [0.3, 0.4) is 0 Å². The Hall–Kier alpha value is -3.39. The number of carboxylic acid groups (broad SMARTS) is 1. The van der Waals surface area contributed by atoms with Crippen LogP contribution in [0.15, 0.2) is 58.4 Å². The summed E-state index contributed by atoms with van der Waals surface area (Å²) >= 11 is 1.08. The Morgan fingerprint density at radius 1 is 1.14 bits per heavy atom. The number of anilines is 1. The standard InChI is InChI=1S/C21H17N3O4S/c1-2-12-7-3-5-9-14(12)22-21-23-19(27)18(29-21)17-13-8-4-6-10-15(13)24(20(17)28)11-16(25)26/h3-10H,2,11H2,1H3,(H,25,26)(H,22,23,27)/p-1/b18-17-. The number of thioether (sulfide) groups is 1. The highest BCUT2D eigenvalue weighted by molar-refractivity contribution is 8.18. The second-order valence-electron chi connectivity index (χ2n) is 6.44. The van der Waals surface area contributed by atoms with E-state index in [1.807, 2.05) is 31.2 Å². The number of carboxylic acids is 1. The Bertz CT molecular complexity index is 1110. The van der Waals surface area contributed by atoms with E-state index in [1.165, 1.54) is 0 Å². The molecule has 0 spiro atoms. The van der Waals surface area contributed by atoms with E-state index in [9.17, 15) is 19.5 Å². The number of hydrogen-bond acceptors (Lipinski definition) is 6. The highest BCUT2D eigenvalue weighted by Crippen LogP contribution is 2.42. The first kappa shape index (κ1) is 18.9. The third kappa shape index (κ3) is 3.42. The monoisotopic (exact) mass is 406 g/mol. The summed E-state index contributed by atoms with van der Waals surface area (Å²) < 4.78 is 0. The molecule has 2 heterocycles. The molecule has 2 amide bonds. The lowest BCUT2D eigenvalue weighted by atomic mass is 10.1. The Morgan fingerprint density at radius 2 is 1.86 bits per heavy atom. The van der Waals surface area contributed by atoms with Crippen LogP contribution in [-0.4, -0.2) is 29.5 Å². The Morgan fingerprint density at radius 3 is 2.62 bits per heavy atom. The van der Waals surface area contributed by atoms with E-state index in [1.54, 1.807) is 24.3 Å². The molecule has 2 aliphatic rings. The van der Waals surface area contributed by atoms with Gasteiger partial charge in [-0.1, -0.05) is 43.3 Å². The summed E-state index contributed by atoms with van der Waals surface area (Å²) in [4.78, 5) is 42.5. The van der Waals surface area contributed by atoms with Gasteiger partial charge in [-0.2, -0.15) is 0 Å². The molecule has 2 aliphatic heterocycles. The van der Waals surface area contributed by atoms with Gasteiger partial charge in [0.25, 0.3) is 11.8 Å². The summed E-state index contributed by atoms with van der Waals surface area (Å²) in [6.45, 7) is 1.44. The first-order valence-corrected chi connectivity index (χ1v) is 9.82. The molecule has 2 aromatic rings. The normalized spacial score (nSPS) is 19.6. The highest BCUT2D eigenvalue weighted by Gasteiger charge is 2.39. The summed E-state index contributed by atoms with van der Waals surface area (Å²) in [5.74, 6) is -2.35. The number of para-hydroxylation sites is 2. The molecule has 0 radical (unpaired) electrons. The predicted octanol–water partition coefficient (Wildman–Crippen LogP) is 1.61. The van der Waals surface area contributed by atoms with Crippen molar-refractivity contribution in [1.82, 2.24) is 5.32 Å². The van der Waals surface area contributed by atoms with Crippen LogP contribution in [0.4, 0.5) is 11.4 Å². The molecule has 0 atom stereocenters. The summed E-state index contributed by atoms with van der Waals surface area (Å²) in [6, 6.07) is 14.4. The van der Waals surface area contributed by atoms with Gasteiger partial charge in [-0.05, 0) is 35.9 Å². The summed E-state index contributed by atoms with van der Waals surface area (Å²) in [7, 11) is 0. The fourth-order valence-electron chi connectivity index (χ4n) is 3.35. The van der Waals surface area contributed by atoms with Crippen LogP contribution in [0.2, 0.25) is 0 Å². The second kappa shape index (κ2) is 7.56. The van der Waals surface area contributed by atoms with Gasteiger partial charge in [0.2, 0.25) is 0 Å². The first-order valence-electron chi connectivity index (χ1n) is 9.00. The molecule has 1 saturated heterocycles. The minimum atomic E-state index is -1.37. The maximum Gasteiger partial charge on any atom is 0.264 e. The van der Waals surface area contributed by atoms with E-state index in [0.717, 1.165) is 34.3 Å². The molecule has 2 aromatic carbocycles. The Kier molecular flexibility index (Phi) is 4.94. The van der Waals surface area contributed by atoms with E-state index in [4.69, 9.17) is 0 Å². The largest absolute Gasteiger partial charge is 0.548 e. The lowest BCUT2D eigenvalue weighted by Gasteiger charge is -2.17. The molecule has 1 fully saturated rings. The fraction of sp³-hybridized carbons (Fsp3) is 0.143. The molecule has 7 nitrogen and oxygen atoms in total. The van der Waals surface area contributed by atoms with Crippen molar-refractivity contribution < 1.29 is 19.5 Å². The number of rotatable bonds is 4. The lowest BCUT2D eigenvalue weighted by Crippen LogP contribution is -2.39. The minimum absolute atomic E-state index is 0.179. The van der Waals surface area contributed by atoms with Crippen molar-refractivity contribution in [2.24, 2.45) is 4.99 Å². The number of nitrogens with one attached hydrogen (secondary N) is 1. The van der Waals surface area contributed by atoms with Crippen LogP contribution < -0.4 is 15.3 Å². The average molecular weight is 406 g/mol.